The van der Waals surface area contributed by atoms with E-state index in [1.165, 1.54) is 0 Å². The lowest BCUT2D eigenvalue weighted by Crippen LogP contribution is -2.20. The number of benzene rings is 3. The Morgan fingerprint density at radius 1 is 1.03 bits per heavy atom. The molecule has 7 nitrogen and oxygen atoms in total. The van der Waals surface area contributed by atoms with E-state index >= 15 is 0 Å². The Balaban J connectivity index is 1.61. The molecule has 0 radical (unpaired) electrons. The van der Waals surface area contributed by atoms with E-state index in [4.69, 9.17) is 9.47 Å². The third kappa shape index (κ3) is 4.90. The molecular weight excluding hydrogens is 390 g/mol. The molecule has 1 aromatic heterocycles. The molecule has 3 aromatic carbocycles. The van der Waals surface area contributed by atoms with Crippen LogP contribution in [0.4, 0.5) is 5.69 Å². The van der Waals surface area contributed by atoms with Crippen molar-refractivity contribution in [2.24, 2.45) is 10.1 Å². The number of hydrazone groups is 1. The summed E-state index contributed by atoms with van der Waals surface area (Å²) in [5.74, 6) is 2.47. The first-order valence-electron chi connectivity index (χ1n) is 9.95. The molecule has 7 heteroatoms. The summed E-state index contributed by atoms with van der Waals surface area (Å²) in [4.78, 5) is 12.6. The largest absolute Gasteiger partial charge is 0.493 e. The highest BCUT2D eigenvalue weighted by Crippen LogP contribution is 2.27. The molecule has 4 aromatic rings. The minimum Gasteiger partial charge on any atom is -0.493 e. The van der Waals surface area contributed by atoms with Crippen LogP contribution in [-0.2, 0) is 0 Å². The van der Waals surface area contributed by atoms with Crippen molar-refractivity contribution >= 4 is 28.8 Å². The van der Waals surface area contributed by atoms with Crippen LogP contribution in [0.3, 0.4) is 0 Å². The van der Waals surface area contributed by atoms with E-state index < -0.39 is 0 Å². The number of ether oxygens (including phenoxy) is 2. The number of rotatable bonds is 7. The molecule has 0 aliphatic rings. The van der Waals surface area contributed by atoms with Crippen LogP contribution in [0.25, 0.3) is 11.0 Å². The summed E-state index contributed by atoms with van der Waals surface area (Å²) in [6, 6.07) is 23.1. The van der Waals surface area contributed by atoms with Gasteiger partial charge in [0.15, 0.2) is 23.2 Å². The molecule has 0 saturated heterocycles. The summed E-state index contributed by atoms with van der Waals surface area (Å²) in [5, 5.41) is 4.37. The summed E-state index contributed by atoms with van der Waals surface area (Å²) in [6.45, 7) is 2.51. The lowest BCUT2D eigenvalue weighted by atomic mass is 10.2. The summed E-state index contributed by atoms with van der Waals surface area (Å²) in [7, 11) is 1.61. The molecule has 1 heterocycles. The van der Waals surface area contributed by atoms with Crippen LogP contribution < -0.4 is 14.9 Å². The van der Waals surface area contributed by atoms with E-state index in [1.807, 2.05) is 79.7 Å². The first kappa shape index (κ1) is 20.2. The summed E-state index contributed by atoms with van der Waals surface area (Å²) >= 11 is 0. The number of nitrogens with zero attached hydrogens (tertiary/aromatic N) is 3. The minimum absolute atomic E-state index is 0.511. The molecule has 0 fully saturated rings. The predicted octanol–water partition coefficient (Wildman–Crippen LogP) is 4.67. The van der Waals surface area contributed by atoms with Gasteiger partial charge in [0, 0.05) is 0 Å². The summed E-state index contributed by atoms with van der Waals surface area (Å²) in [5.41, 5.74) is 6.47. The number of aromatic nitrogens is 2. The molecule has 0 saturated carbocycles. The van der Waals surface area contributed by atoms with Gasteiger partial charge in [-0.05, 0) is 55.0 Å². The van der Waals surface area contributed by atoms with Crippen molar-refractivity contribution in [2.45, 2.75) is 6.92 Å². The fourth-order valence-electron chi connectivity index (χ4n) is 3.03. The van der Waals surface area contributed by atoms with Crippen molar-refractivity contribution in [1.29, 1.82) is 0 Å². The maximum Gasteiger partial charge on any atom is 0.190 e. The van der Waals surface area contributed by atoms with Crippen molar-refractivity contribution in [3.8, 4) is 11.5 Å². The molecule has 0 bridgehead atoms. The molecule has 2 N–H and O–H groups in total. The van der Waals surface area contributed by atoms with E-state index in [2.05, 4.69) is 25.5 Å². The van der Waals surface area contributed by atoms with Crippen LogP contribution in [-0.4, -0.2) is 35.7 Å². The van der Waals surface area contributed by atoms with E-state index in [0.29, 0.717) is 29.8 Å². The highest BCUT2D eigenvalue weighted by atomic mass is 16.5. The molecule has 4 rings (SSSR count). The van der Waals surface area contributed by atoms with Gasteiger partial charge >= 0.3 is 0 Å². The van der Waals surface area contributed by atoms with Gasteiger partial charge in [-0.1, -0.05) is 30.3 Å². The van der Waals surface area contributed by atoms with E-state index in [-0.39, 0.29) is 0 Å². The van der Waals surface area contributed by atoms with Crippen LogP contribution in [0.15, 0.2) is 82.9 Å². The van der Waals surface area contributed by atoms with Crippen LogP contribution in [0.1, 0.15) is 18.3 Å². The van der Waals surface area contributed by atoms with Crippen LogP contribution >= 0.6 is 0 Å². The predicted molar refractivity (Wildman–Crippen MR) is 124 cm³/mol. The number of nitrogens with one attached hydrogen (secondary N) is 2. The summed E-state index contributed by atoms with van der Waals surface area (Å²) in [6.07, 6.45) is 1.70. The zero-order valence-electron chi connectivity index (χ0n) is 17.4. The molecule has 0 unspecified atom stereocenters. The van der Waals surface area contributed by atoms with Gasteiger partial charge in [0.1, 0.15) is 0 Å². The molecule has 156 valence electrons. The topological polar surface area (TPSA) is 83.9 Å². The normalized spacial score (nSPS) is 11.7. The van der Waals surface area contributed by atoms with Gasteiger partial charge in [0.2, 0.25) is 0 Å². The zero-order valence-corrected chi connectivity index (χ0v) is 17.4. The van der Waals surface area contributed by atoms with E-state index in [9.17, 15) is 0 Å². The highest BCUT2D eigenvalue weighted by molar-refractivity contribution is 6.00. The number of aromatic amines is 1. The fourth-order valence-corrected chi connectivity index (χ4v) is 3.03. The second-order valence-corrected chi connectivity index (χ2v) is 6.61. The Bertz CT molecular complexity index is 1180. The smallest absolute Gasteiger partial charge is 0.190 e. The number of para-hydroxylation sites is 3. The number of fused-ring (bicyclic) bond motifs is 1. The number of imidazole rings is 1. The Hall–Kier alpha value is -4.13. The van der Waals surface area contributed by atoms with Gasteiger partial charge in [-0.3, -0.25) is 5.43 Å². The fraction of sp³-hybridized carbons (Fsp3) is 0.125. The van der Waals surface area contributed by atoms with Gasteiger partial charge in [-0.15, -0.1) is 0 Å². The number of hydrogen-bond acceptors (Lipinski definition) is 5. The highest BCUT2D eigenvalue weighted by Gasteiger charge is 2.10. The zero-order chi connectivity index (χ0) is 21.5. The quantitative estimate of drug-likeness (QED) is 0.262. The molecular formula is C24H23N5O2. The van der Waals surface area contributed by atoms with Crippen molar-refractivity contribution in [3.05, 3.63) is 84.2 Å². The second kappa shape index (κ2) is 9.58. The van der Waals surface area contributed by atoms with E-state index in [1.54, 1.807) is 13.3 Å². The standard InChI is InChI=1S/C24H23N5O2/c1-3-31-21-14-13-17(15-22(21)30-2)16-25-29-24(26-18-9-5-4-6-10-18)23-27-19-11-7-8-12-20(19)28-23/h4-16H,3H2,1-2H3,(H,26,29)(H,27,28). The maximum atomic E-state index is 5.56. The number of methoxy groups -OCH3 is 1. The van der Waals surface area contributed by atoms with Crippen LogP contribution in [0.2, 0.25) is 0 Å². The van der Waals surface area contributed by atoms with Gasteiger partial charge in [-0.2, -0.15) is 5.10 Å². The molecule has 0 amide bonds. The van der Waals surface area contributed by atoms with E-state index in [0.717, 1.165) is 22.3 Å². The number of hydrogen-bond donors (Lipinski definition) is 2. The molecule has 0 spiro atoms. The monoisotopic (exact) mass is 413 g/mol. The third-order valence-electron chi connectivity index (χ3n) is 4.48. The Morgan fingerprint density at radius 2 is 1.84 bits per heavy atom. The van der Waals surface area contributed by atoms with Crippen molar-refractivity contribution in [1.82, 2.24) is 15.4 Å². The first-order valence-corrected chi connectivity index (χ1v) is 9.95. The van der Waals surface area contributed by atoms with Gasteiger partial charge in [0.05, 0.1) is 36.7 Å². The third-order valence-corrected chi connectivity index (χ3v) is 4.48. The lowest BCUT2D eigenvalue weighted by Gasteiger charge is -2.09. The number of aliphatic imine (C=N–C) groups is 1. The first-order chi connectivity index (χ1) is 15.3. The average Bonchev–Trinajstić information content (AvgIpc) is 3.24. The van der Waals surface area contributed by atoms with Gasteiger partial charge in [-0.25, -0.2) is 9.98 Å². The summed E-state index contributed by atoms with van der Waals surface area (Å²) < 4.78 is 11.0. The lowest BCUT2D eigenvalue weighted by molar-refractivity contribution is 0.311. The molecule has 0 aliphatic carbocycles. The molecule has 0 aliphatic heterocycles. The van der Waals surface area contributed by atoms with Crippen molar-refractivity contribution in [3.63, 3.8) is 0 Å². The molecule has 0 atom stereocenters. The second-order valence-electron chi connectivity index (χ2n) is 6.61. The molecule has 31 heavy (non-hydrogen) atoms. The Kier molecular flexibility index (Phi) is 6.23. The van der Waals surface area contributed by atoms with Crippen LogP contribution in [0.5, 0.6) is 11.5 Å². The van der Waals surface area contributed by atoms with Gasteiger partial charge in [0.25, 0.3) is 0 Å². The minimum atomic E-state index is 0.511. The number of H-pyrrole nitrogens is 1. The van der Waals surface area contributed by atoms with Crippen molar-refractivity contribution < 1.29 is 9.47 Å². The van der Waals surface area contributed by atoms with Gasteiger partial charge < -0.3 is 14.5 Å². The number of amidine groups is 1. The maximum absolute atomic E-state index is 5.56. The average molecular weight is 413 g/mol. The Morgan fingerprint density at radius 3 is 2.61 bits per heavy atom. The van der Waals surface area contributed by atoms with Crippen LogP contribution in [0, 0.1) is 0 Å². The Labute approximate surface area is 180 Å². The SMILES string of the molecule is CCOc1ccc(C=NNC(=Nc2ccccc2)c2nc3ccccc3[nH]2)cc1OC. The van der Waals surface area contributed by atoms with Crippen molar-refractivity contribution in [2.75, 3.05) is 13.7 Å².